The lowest BCUT2D eigenvalue weighted by molar-refractivity contribution is -0.0698. The number of hydrogen-bond donors (Lipinski definition) is 0. The summed E-state index contributed by atoms with van der Waals surface area (Å²) in [5, 5.41) is 0. The van der Waals surface area contributed by atoms with Crippen molar-refractivity contribution < 1.29 is 9.47 Å². The molecule has 1 rings (SSSR count). The summed E-state index contributed by atoms with van der Waals surface area (Å²) in [5.74, 6) is 0.690. The molecule has 0 N–H and O–H groups in total. The molecule has 1 aliphatic rings. The summed E-state index contributed by atoms with van der Waals surface area (Å²) >= 11 is 0. The van der Waals surface area contributed by atoms with E-state index in [1.54, 1.807) is 0 Å². The van der Waals surface area contributed by atoms with Crippen molar-refractivity contribution in [3.63, 3.8) is 0 Å². The first-order valence-corrected chi connectivity index (χ1v) is 3.09. The van der Waals surface area contributed by atoms with Crippen molar-refractivity contribution in [2.45, 2.75) is 6.92 Å². The van der Waals surface area contributed by atoms with E-state index >= 15 is 0 Å². The smallest absolute Gasteiger partial charge is 0.0538 e. The minimum atomic E-state index is 0.690. The Kier molecular flexibility index (Phi) is 2.30. The molecule has 0 aromatic carbocycles. The van der Waals surface area contributed by atoms with Crippen LogP contribution in [0.4, 0.5) is 0 Å². The van der Waals surface area contributed by atoms with Gasteiger partial charge in [0.1, 0.15) is 0 Å². The van der Waals surface area contributed by atoms with Crippen molar-refractivity contribution in [2.24, 2.45) is 5.92 Å². The standard InChI is InChI=1S/C6H12O2/c1-2-7-3-6-4-8-5-6/h6H,2-5H2,1H3. The van der Waals surface area contributed by atoms with Gasteiger partial charge in [0.25, 0.3) is 0 Å². The molecule has 8 heavy (non-hydrogen) atoms. The Labute approximate surface area is 49.8 Å². The number of rotatable bonds is 3. The second-order valence-corrected chi connectivity index (χ2v) is 2.06. The molecular formula is C6H12O2. The Morgan fingerprint density at radius 2 is 2.38 bits per heavy atom. The summed E-state index contributed by atoms with van der Waals surface area (Å²) in [6, 6.07) is 0. The molecule has 48 valence electrons. The topological polar surface area (TPSA) is 18.5 Å². The third-order valence-electron chi connectivity index (χ3n) is 1.26. The fourth-order valence-electron chi connectivity index (χ4n) is 0.665. The zero-order valence-corrected chi connectivity index (χ0v) is 5.22. The van der Waals surface area contributed by atoms with Gasteiger partial charge in [-0.15, -0.1) is 0 Å². The van der Waals surface area contributed by atoms with Crippen LogP contribution >= 0.6 is 0 Å². The maximum Gasteiger partial charge on any atom is 0.0538 e. The molecule has 0 amide bonds. The zero-order valence-electron chi connectivity index (χ0n) is 5.22. The van der Waals surface area contributed by atoms with E-state index in [0.717, 1.165) is 26.4 Å². The highest BCUT2D eigenvalue weighted by atomic mass is 16.5. The minimum absolute atomic E-state index is 0.690. The van der Waals surface area contributed by atoms with Crippen LogP contribution in [0.25, 0.3) is 0 Å². The van der Waals surface area contributed by atoms with Crippen molar-refractivity contribution >= 4 is 0 Å². The average Bonchev–Trinajstić information content (AvgIpc) is 1.63. The maximum absolute atomic E-state index is 5.16. The van der Waals surface area contributed by atoms with Crippen LogP contribution in [0.5, 0.6) is 0 Å². The molecule has 1 heterocycles. The van der Waals surface area contributed by atoms with E-state index in [1.807, 2.05) is 6.92 Å². The van der Waals surface area contributed by atoms with Crippen molar-refractivity contribution in [1.82, 2.24) is 0 Å². The summed E-state index contributed by atoms with van der Waals surface area (Å²) in [5.41, 5.74) is 0. The first-order valence-electron chi connectivity index (χ1n) is 3.09. The van der Waals surface area contributed by atoms with E-state index in [-0.39, 0.29) is 0 Å². The van der Waals surface area contributed by atoms with Crippen LogP contribution in [0, 0.1) is 5.92 Å². The molecule has 0 aliphatic carbocycles. The minimum Gasteiger partial charge on any atom is -0.381 e. The van der Waals surface area contributed by atoms with Gasteiger partial charge in [-0.05, 0) is 6.92 Å². The SMILES string of the molecule is CCOCC1COC1. The van der Waals surface area contributed by atoms with Crippen LogP contribution in [0.2, 0.25) is 0 Å². The summed E-state index contributed by atoms with van der Waals surface area (Å²) < 4.78 is 10.1. The van der Waals surface area contributed by atoms with Gasteiger partial charge in [0, 0.05) is 12.5 Å². The van der Waals surface area contributed by atoms with Crippen molar-refractivity contribution in [3.05, 3.63) is 0 Å². The lowest BCUT2D eigenvalue weighted by Crippen LogP contribution is -2.31. The summed E-state index contributed by atoms with van der Waals surface area (Å²) in [6.07, 6.45) is 0. The third kappa shape index (κ3) is 1.46. The molecular weight excluding hydrogens is 104 g/mol. The van der Waals surface area contributed by atoms with Crippen molar-refractivity contribution in [2.75, 3.05) is 26.4 Å². The van der Waals surface area contributed by atoms with Gasteiger partial charge in [-0.3, -0.25) is 0 Å². The fraction of sp³-hybridized carbons (Fsp3) is 1.00. The molecule has 0 unspecified atom stereocenters. The highest BCUT2D eigenvalue weighted by molar-refractivity contribution is 4.63. The van der Waals surface area contributed by atoms with Crippen molar-refractivity contribution in [3.8, 4) is 0 Å². The predicted octanol–water partition coefficient (Wildman–Crippen LogP) is 0.669. The van der Waals surface area contributed by atoms with Crippen LogP contribution in [-0.2, 0) is 9.47 Å². The second kappa shape index (κ2) is 3.05. The molecule has 0 aromatic rings. The first kappa shape index (κ1) is 6.05. The van der Waals surface area contributed by atoms with Crippen LogP contribution in [-0.4, -0.2) is 26.4 Å². The van der Waals surface area contributed by atoms with Crippen LogP contribution in [0.3, 0.4) is 0 Å². The molecule has 0 spiro atoms. The van der Waals surface area contributed by atoms with Gasteiger partial charge in [-0.1, -0.05) is 0 Å². The Bertz CT molecular complexity index is 59.5. The zero-order chi connectivity index (χ0) is 5.82. The summed E-state index contributed by atoms with van der Waals surface area (Å²) in [6.45, 7) is 5.53. The van der Waals surface area contributed by atoms with Crippen molar-refractivity contribution in [1.29, 1.82) is 0 Å². The van der Waals surface area contributed by atoms with Gasteiger partial charge in [0.2, 0.25) is 0 Å². The quantitative estimate of drug-likeness (QED) is 0.539. The Hall–Kier alpha value is -0.0800. The summed E-state index contributed by atoms with van der Waals surface area (Å²) in [4.78, 5) is 0. The van der Waals surface area contributed by atoms with Crippen LogP contribution in [0.15, 0.2) is 0 Å². The molecule has 1 fully saturated rings. The predicted molar refractivity (Wildman–Crippen MR) is 30.8 cm³/mol. The first-order chi connectivity index (χ1) is 3.93. The lowest BCUT2D eigenvalue weighted by Gasteiger charge is -2.25. The van der Waals surface area contributed by atoms with Gasteiger partial charge in [0.15, 0.2) is 0 Å². The Morgan fingerprint density at radius 1 is 1.62 bits per heavy atom. The molecule has 1 saturated heterocycles. The normalized spacial score (nSPS) is 20.6. The lowest BCUT2D eigenvalue weighted by atomic mass is 10.1. The van der Waals surface area contributed by atoms with Gasteiger partial charge in [-0.25, -0.2) is 0 Å². The molecule has 1 aliphatic heterocycles. The molecule has 0 aromatic heterocycles. The van der Waals surface area contributed by atoms with Crippen LogP contribution < -0.4 is 0 Å². The van der Waals surface area contributed by atoms with Gasteiger partial charge in [-0.2, -0.15) is 0 Å². The molecule has 2 nitrogen and oxygen atoms in total. The maximum atomic E-state index is 5.16. The second-order valence-electron chi connectivity index (χ2n) is 2.06. The van der Waals surface area contributed by atoms with Gasteiger partial charge < -0.3 is 9.47 Å². The Balaban J connectivity index is 1.86. The fourth-order valence-corrected chi connectivity index (χ4v) is 0.665. The number of hydrogen-bond acceptors (Lipinski definition) is 2. The number of ether oxygens (including phenoxy) is 2. The summed E-state index contributed by atoms with van der Waals surface area (Å²) in [7, 11) is 0. The third-order valence-corrected chi connectivity index (χ3v) is 1.26. The Morgan fingerprint density at radius 3 is 2.75 bits per heavy atom. The molecule has 0 radical (unpaired) electrons. The average molecular weight is 116 g/mol. The molecule has 2 heteroatoms. The van der Waals surface area contributed by atoms with Gasteiger partial charge in [0.05, 0.1) is 19.8 Å². The van der Waals surface area contributed by atoms with E-state index in [4.69, 9.17) is 9.47 Å². The molecule has 0 bridgehead atoms. The van der Waals surface area contributed by atoms with E-state index in [9.17, 15) is 0 Å². The molecule has 0 saturated carbocycles. The molecule has 0 atom stereocenters. The van der Waals surface area contributed by atoms with E-state index in [2.05, 4.69) is 0 Å². The van der Waals surface area contributed by atoms with Gasteiger partial charge >= 0.3 is 0 Å². The van der Waals surface area contributed by atoms with E-state index in [1.165, 1.54) is 0 Å². The van der Waals surface area contributed by atoms with Crippen LogP contribution in [0.1, 0.15) is 6.92 Å². The van der Waals surface area contributed by atoms with E-state index in [0.29, 0.717) is 5.92 Å². The van der Waals surface area contributed by atoms with E-state index < -0.39 is 0 Å². The monoisotopic (exact) mass is 116 g/mol. The largest absolute Gasteiger partial charge is 0.381 e. The highest BCUT2D eigenvalue weighted by Crippen LogP contribution is 2.08. The highest BCUT2D eigenvalue weighted by Gasteiger charge is 2.17.